The van der Waals surface area contributed by atoms with E-state index in [0.29, 0.717) is 88.4 Å². The first-order valence-corrected chi connectivity index (χ1v) is 38.6. The normalized spacial score (nSPS) is 22.7. The van der Waals surface area contributed by atoms with Gasteiger partial charge in [0.05, 0.1) is 71.6 Å². The Bertz CT molecular complexity index is 5430. The van der Waals surface area contributed by atoms with Crippen molar-refractivity contribution < 1.29 is 48.5 Å². The predicted molar refractivity (Wildman–Crippen MR) is 420 cm³/mol. The fourth-order valence-electron chi connectivity index (χ4n) is 19.3. The van der Waals surface area contributed by atoms with Crippen LogP contribution < -0.4 is 0 Å². The quantitative estimate of drug-likeness (QED) is 0.0540. The Labute approximate surface area is 640 Å². The number of carboxylic acid groups (broad SMARTS) is 3. The summed E-state index contributed by atoms with van der Waals surface area (Å²) in [5.41, 5.74) is 14.7. The minimum Gasteiger partial charge on any atom is -0.481 e. The van der Waals surface area contributed by atoms with E-state index in [9.17, 15) is 43.4 Å². The van der Waals surface area contributed by atoms with E-state index in [1.807, 2.05) is 76.1 Å². The number of nitrogens with zero attached hydrogens (tertiary/aromatic N) is 6. The van der Waals surface area contributed by atoms with Crippen LogP contribution in [0.5, 0.6) is 0 Å². The summed E-state index contributed by atoms with van der Waals surface area (Å²) < 4.78 is 20.0. The van der Waals surface area contributed by atoms with E-state index in [2.05, 4.69) is 124 Å². The SMILES string of the molecule is O=C(CC1CC2(C1)CC(C(=O)O)C2)c1cc(Cl)cc2cnn(Cc3ccc(-c4ccccc4)cc3)c12.O=C(CC1CC2(C1)CC(C(=O)O)C2)c1ccc(Cl)c2cnn(Cc3ccc(-c4ccccc4)cc3)c12.O=C(O)CC1CC2(C1)CC(CC(=O)c1cc(F)cc3cnn(Cc4ccc(-c5ccccc5)cc4)c13)C2. The second-order valence-electron chi connectivity index (χ2n) is 32.2. The number of fused-ring (bicyclic) bond motifs is 3. The van der Waals surface area contributed by atoms with Gasteiger partial charge < -0.3 is 15.3 Å². The number of aliphatic carboxylic acids is 3. The molecule has 6 saturated carbocycles. The molecular weight excluding hydrogens is 1410 g/mol. The Morgan fingerprint density at radius 1 is 0.376 bits per heavy atom. The van der Waals surface area contributed by atoms with Crippen LogP contribution >= 0.6 is 23.2 Å². The van der Waals surface area contributed by atoms with Crippen molar-refractivity contribution in [3.8, 4) is 33.4 Å². The minimum absolute atomic E-state index is 0.0491. The molecule has 18 heteroatoms. The zero-order chi connectivity index (χ0) is 75.3. The first kappa shape index (κ1) is 72.5. The summed E-state index contributed by atoms with van der Waals surface area (Å²) in [5, 5.41) is 44.4. The molecule has 6 fully saturated rings. The van der Waals surface area contributed by atoms with Gasteiger partial charge in [0, 0.05) is 63.6 Å². The summed E-state index contributed by atoms with van der Waals surface area (Å²) in [4.78, 5) is 73.4. The van der Waals surface area contributed by atoms with Crippen molar-refractivity contribution in [3.05, 3.63) is 268 Å². The molecule has 0 radical (unpaired) electrons. The number of halogens is 3. The van der Waals surface area contributed by atoms with Gasteiger partial charge in [-0.25, -0.2) is 4.39 Å². The van der Waals surface area contributed by atoms with Crippen LogP contribution in [0.15, 0.2) is 219 Å². The van der Waals surface area contributed by atoms with E-state index >= 15 is 0 Å². The molecule has 3 heterocycles. The number of rotatable bonds is 22. The van der Waals surface area contributed by atoms with E-state index in [1.54, 1.807) is 35.4 Å². The highest BCUT2D eigenvalue weighted by molar-refractivity contribution is 6.36. The molecule has 12 aromatic rings. The highest BCUT2D eigenvalue weighted by Gasteiger charge is 2.57. The second kappa shape index (κ2) is 30.1. The zero-order valence-electron chi connectivity index (χ0n) is 60.3. The molecule has 3 N–H and O–H groups in total. The molecular formula is C91H83Cl2FN6O9. The van der Waals surface area contributed by atoms with Gasteiger partial charge in [-0.2, -0.15) is 15.3 Å². The number of carboxylic acids is 3. The minimum atomic E-state index is -0.732. The van der Waals surface area contributed by atoms with E-state index in [0.717, 1.165) is 138 Å². The Hall–Kier alpha value is -10.7. The molecule has 9 aromatic carbocycles. The third kappa shape index (κ3) is 15.4. The molecule has 3 aromatic heterocycles. The van der Waals surface area contributed by atoms with Crippen LogP contribution in [0.4, 0.5) is 4.39 Å². The van der Waals surface area contributed by atoms with Gasteiger partial charge >= 0.3 is 17.9 Å². The maximum Gasteiger partial charge on any atom is 0.306 e. The second-order valence-corrected chi connectivity index (χ2v) is 33.0. The van der Waals surface area contributed by atoms with Gasteiger partial charge in [-0.15, -0.1) is 0 Å². The van der Waals surface area contributed by atoms with Crippen molar-refractivity contribution in [1.29, 1.82) is 0 Å². The van der Waals surface area contributed by atoms with Gasteiger partial charge in [-0.05, 0) is 203 Å². The van der Waals surface area contributed by atoms with Gasteiger partial charge in [0.1, 0.15) is 5.82 Å². The fourth-order valence-corrected chi connectivity index (χ4v) is 19.7. The average Bonchev–Trinajstić information content (AvgIpc) is 1.01. The number of carbonyl (C=O) groups excluding carboxylic acids is 3. The molecule has 18 rings (SSSR count). The highest BCUT2D eigenvalue weighted by atomic mass is 35.5. The Morgan fingerprint density at radius 2 is 0.716 bits per heavy atom. The molecule has 0 saturated heterocycles. The monoisotopic (exact) mass is 1490 g/mol. The Morgan fingerprint density at radius 3 is 1.11 bits per heavy atom. The van der Waals surface area contributed by atoms with Crippen LogP contribution in [0, 0.1) is 57.6 Å². The lowest BCUT2D eigenvalue weighted by Crippen LogP contribution is -2.50. The molecule has 0 atom stereocenters. The van der Waals surface area contributed by atoms with Gasteiger partial charge in [-0.1, -0.05) is 187 Å². The topological polar surface area (TPSA) is 217 Å². The third-order valence-electron chi connectivity index (χ3n) is 24.3. The van der Waals surface area contributed by atoms with Gasteiger partial charge in [0.15, 0.2) is 17.3 Å². The molecule has 552 valence electrons. The molecule has 109 heavy (non-hydrogen) atoms. The number of carbonyl (C=O) groups is 6. The largest absolute Gasteiger partial charge is 0.481 e. The Balaban J connectivity index is 0.000000124. The average molecular weight is 1490 g/mol. The molecule has 15 nitrogen and oxygen atoms in total. The predicted octanol–water partition coefficient (Wildman–Crippen LogP) is 20.5. The van der Waals surface area contributed by atoms with Gasteiger partial charge in [0.2, 0.25) is 0 Å². The van der Waals surface area contributed by atoms with Crippen molar-refractivity contribution in [2.75, 3.05) is 0 Å². The number of ketones is 3. The van der Waals surface area contributed by atoms with Crippen LogP contribution in [0.2, 0.25) is 10.0 Å². The zero-order valence-corrected chi connectivity index (χ0v) is 61.8. The molecule has 0 aliphatic heterocycles. The summed E-state index contributed by atoms with van der Waals surface area (Å²) in [5.74, 6) is -1.63. The summed E-state index contributed by atoms with van der Waals surface area (Å²) in [6, 6.07) is 65.8. The van der Waals surface area contributed by atoms with Crippen molar-refractivity contribution in [3.63, 3.8) is 0 Å². The first-order chi connectivity index (χ1) is 52.7. The van der Waals surface area contributed by atoms with Crippen LogP contribution in [-0.2, 0) is 34.0 Å². The van der Waals surface area contributed by atoms with E-state index < -0.39 is 23.7 Å². The lowest BCUT2D eigenvalue weighted by molar-refractivity contribution is -0.158. The van der Waals surface area contributed by atoms with Crippen LogP contribution in [-0.4, -0.2) is 79.9 Å². The number of aromatic nitrogens is 6. The number of hydrogen-bond acceptors (Lipinski definition) is 9. The van der Waals surface area contributed by atoms with Crippen LogP contribution in [0.3, 0.4) is 0 Å². The summed E-state index contributed by atoms with van der Waals surface area (Å²) in [7, 11) is 0. The molecule has 0 bridgehead atoms. The third-order valence-corrected chi connectivity index (χ3v) is 24.8. The number of hydrogen-bond donors (Lipinski definition) is 3. The van der Waals surface area contributed by atoms with Crippen molar-refractivity contribution in [2.24, 2.45) is 51.8 Å². The van der Waals surface area contributed by atoms with Gasteiger partial charge in [0.25, 0.3) is 0 Å². The standard InChI is InChI=1S/C31H29FN2O3.2C30H27ClN2O3/c32-26-12-25-18-33-34(19-20-6-8-24(9-7-20)23-4-2-1-3-5-23)30(25)27(13-26)28(35)10-21-14-31(15-21)16-22(17-31)11-29(36)37;31-25-11-23-17-32-33(18-19-6-8-22(9-7-19)21-4-2-1-3-5-21)28(23)26(12-25)27(34)10-20-13-30(14-20)15-24(16-30)29(35)36;31-26-11-10-24(27(34)12-20-13-30(14-20)15-23(16-30)29(35)36)28-25(26)17-32-33(28)18-19-6-8-22(9-7-19)21-4-2-1-3-5-21/h1-9,12-13,18,21-22H,10-11,14-17,19H2,(H,36,37);1-9,11-12,17,20,24H,10,13-16,18H2,(H,35,36);1-11,17,20,23H,12-16,18H2,(H,35,36). The van der Waals surface area contributed by atoms with Crippen molar-refractivity contribution >= 4 is 91.2 Å². The summed E-state index contributed by atoms with van der Waals surface area (Å²) in [6.07, 6.45) is 17.3. The summed E-state index contributed by atoms with van der Waals surface area (Å²) >= 11 is 12.8. The molecule has 0 amide bonds. The fraction of sp³-hybridized carbons (Fsp3) is 0.308. The van der Waals surface area contributed by atoms with Gasteiger partial charge in [-0.3, -0.25) is 42.8 Å². The molecule has 0 unspecified atom stereocenters. The highest BCUT2D eigenvalue weighted by Crippen LogP contribution is 2.64. The molecule has 6 aliphatic carbocycles. The van der Waals surface area contributed by atoms with E-state index in [4.69, 9.17) is 28.3 Å². The number of benzene rings is 9. The lowest BCUT2D eigenvalue weighted by atomic mass is 9.47. The van der Waals surface area contributed by atoms with Crippen molar-refractivity contribution in [1.82, 2.24) is 29.3 Å². The smallest absolute Gasteiger partial charge is 0.306 e. The molecule has 6 aliphatic rings. The Kier molecular flexibility index (Phi) is 20.0. The van der Waals surface area contributed by atoms with E-state index in [1.165, 1.54) is 23.3 Å². The molecule has 3 spiro atoms. The van der Waals surface area contributed by atoms with Crippen LogP contribution in [0.1, 0.15) is 150 Å². The van der Waals surface area contributed by atoms with Crippen LogP contribution in [0.25, 0.3) is 66.1 Å². The summed E-state index contributed by atoms with van der Waals surface area (Å²) in [6.45, 7) is 1.59. The van der Waals surface area contributed by atoms with E-state index in [-0.39, 0.29) is 63.7 Å². The maximum absolute atomic E-state index is 14.4. The first-order valence-electron chi connectivity index (χ1n) is 37.8. The van der Waals surface area contributed by atoms with Crippen molar-refractivity contribution in [2.45, 2.75) is 122 Å². The lowest BCUT2D eigenvalue weighted by Gasteiger charge is -2.58. The number of Topliss-reactive ketones (excluding diaryl/α,β-unsaturated/α-hetero) is 3. The maximum atomic E-state index is 14.4.